The van der Waals surface area contributed by atoms with Crippen LogP contribution < -0.4 is 9.04 Å². The van der Waals surface area contributed by atoms with Gasteiger partial charge in [-0.25, -0.2) is 8.42 Å². The molecule has 8 nitrogen and oxygen atoms in total. The van der Waals surface area contributed by atoms with Crippen molar-refractivity contribution >= 4 is 27.6 Å². The first kappa shape index (κ1) is 21.0. The number of hydrogen-bond donors (Lipinski definition) is 0. The van der Waals surface area contributed by atoms with Crippen LogP contribution in [0.15, 0.2) is 24.3 Å². The second-order valence-corrected chi connectivity index (χ2v) is 8.28. The van der Waals surface area contributed by atoms with Gasteiger partial charge in [-0.3, -0.25) is 13.9 Å². The van der Waals surface area contributed by atoms with Crippen molar-refractivity contribution in [2.24, 2.45) is 5.92 Å². The normalized spacial score (nSPS) is 15.3. The number of nitrogens with zero attached hydrogens (tertiary/aromatic N) is 2. The molecule has 1 aliphatic heterocycles. The van der Waals surface area contributed by atoms with Crippen LogP contribution in [0.1, 0.15) is 19.8 Å². The Kier molecular flexibility index (Phi) is 7.06. The van der Waals surface area contributed by atoms with Crippen LogP contribution in [0.3, 0.4) is 0 Å². The van der Waals surface area contributed by atoms with E-state index < -0.39 is 10.0 Å². The van der Waals surface area contributed by atoms with Gasteiger partial charge >= 0.3 is 5.97 Å². The molecule has 0 atom stereocenters. The summed E-state index contributed by atoms with van der Waals surface area (Å²) >= 11 is 0. The maximum Gasteiger partial charge on any atom is 0.309 e. The van der Waals surface area contributed by atoms with E-state index in [1.807, 2.05) is 0 Å². The number of piperidine rings is 1. The van der Waals surface area contributed by atoms with Gasteiger partial charge in [0.25, 0.3) is 0 Å². The summed E-state index contributed by atoms with van der Waals surface area (Å²) in [6.45, 7) is 2.62. The molecular weight excluding hydrogens is 372 g/mol. The minimum absolute atomic E-state index is 0.207. The van der Waals surface area contributed by atoms with Crippen molar-refractivity contribution in [3.8, 4) is 5.75 Å². The van der Waals surface area contributed by atoms with E-state index in [0.29, 0.717) is 44.0 Å². The van der Waals surface area contributed by atoms with Crippen LogP contribution in [0, 0.1) is 5.92 Å². The van der Waals surface area contributed by atoms with Gasteiger partial charge in [0, 0.05) is 13.1 Å². The van der Waals surface area contributed by atoms with Crippen LogP contribution in [0.25, 0.3) is 0 Å². The maximum atomic E-state index is 12.6. The van der Waals surface area contributed by atoms with Crippen LogP contribution in [-0.2, 0) is 24.3 Å². The Balaban J connectivity index is 2.03. The number of benzene rings is 1. The average Bonchev–Trinajstić information content (AvgIpc) is 2.65. The van der Waals surface area contributed by atoms with Crippen LogP contribution in [0.4, 0.5) is 5.69 Å². The number of carbonyl (C=O) groups is 2. The molecule has 150 valence electrons. The fourth-order valence-electron chi connectivity index (χ4n) is 3.00. The van der Waals surface area contributed by atoms with Gasteiger partial charge < -0.3 is 14.4 Å². The molecule has 1 heterocycles. The second kappa shape index (κ2) is 9.07. The minimum Gasteiger partial charge on any atom is -0.497 e. The molecule has 0 bridgehead atoms. The van der Waals surface area contributed by atoms with E-state index in [4.69, 9.17) is 9.47 Å². The van der Waals surface area contributed by atoms with Crippen molar-refractivity contribution in [1.29, 1.82) is 0 Å². The number of anilines is 1. The minimum atomic E-state index is -3.63. The summed E-state index contributed by atoms with van der Waals surface area (Å²) in [5.74, 6) is -0.139. The Morgan fingerprint density at radius 2 is 1.78 bits per heavy atom. The second-order valence-electron chi connectivity index (χ2n) is 6.37. The van der Waals surface area contributed by atoms with Crippen LogP contribution >= 0.6 is 0 Å². The van der Waals surface area contributed by atoms with E-state index in [2.05, 4.69) is 0 Å². The molecule has 0 unspecified atom stereocenters. The Morgan fingerprint density at radius 1 is 1.19 bits per heavy atom. The average molecular weight is 398 g/mol. The number of likely N-dealkylation sites (tertiary alicyclic amines) is 1. The smallest absolute Gasteiger partial charge is 0.309 e. The first-order chi connectivity index (χ1) is 12.8. The summed E-state index contributed by atoms with van der Waals surface area (Å²) in [6, 6.07) is 6.48. The first-order valence-electron chi connectivity index (χ1n) is 8.82. The summed E-state index contributed by atoms with van der Waals surface area (Å²) in [4.78, 5) is 26.0. The number of carbonyl (C=O) groups excluding carboxylic acids is 2. The fourth-order valence-corrected chi connectivity index (χ4v) is 3.85. The van der Waals surface area contributed by atoms with Gasteiger partial charge in [-0.1, -0.05) is 0 Å². The Labute approximate surface area is 160 Å². The SMILES string of the molecule is CCOC(=O)C1CCN(C(=O)CN(c2ccc(OC)cc2)S(C)(=O)=O)CC1. The molecule has 0 spiro atoms. The summed E-state index contributed by atoms with van der Waals surface area (Å²) in [5.41, 5.74) is 0.396. The predicted octanol–water partition coefficient (Wildman–Crippen LogP) is 1.26. The molecule has 0 aliphatic carbocycles. The third-order valence-corrected chi connectivity index (χ3v) is 5.65. The summed E-state index contributed by atoms with van der Waals surface area (Å²) < 4.78 is 35.5. The van der Waals surface area contributed by atoms with Crippen LogP contribution in [0.5, 0.6) is 5.75 Å². The Hall–Kier alpha value is -2.29. The first-order valence-corrected chi connectivity index (χ1v) is 10.7. The molecule has 0 radical (unpaired) electrons. The van der Waals surface area contributed by atoms with Gasteiger partial charge in [0.1, 0.15) is 12.3 Å². The molecule has 1 aliphatic rings. The number of esters is 1. The van der Waals surface area contributed by atoms with Crippen molar-refractivity contribution in [2.75, 3.05) is 43.9 Å². The number of hydrogen-bond acceptors (Lipinski definition) is 6. The molecule has 2 rings (SSSR count). The lowest BCUT2D eigenvalue weighted by molar-refractivity contribution is -0.151. The van der Waals surface area contributed by atoms with Crippen molar-refractivity contribution in [1.82, 2.24) is 4.90 Å². The van der Waals surface area contributed by atoms with Crippen molar-refractivity contribution in [3.05, 3.63) is 24.3 Å². The molecule has 27 heavy (non-hydrogen) atoms. The molecule has 0 saturated carbocycles. The van der Waals surface area contributed by atoms with Gasteiger partial charge in [-0.05, 0) is 44.0 Å². The number of ether oxygens (including phenoxy) is 2. The van der Waals surface area contributed by atoms with Crippen LogP contribution in [-0.4, -0.2) is 64.8 Å². The molecule has 0 aromatic heterocycles. The predicted molar refractivity (Wildman–Crippen MR) is 101 cm³/mol. The highest BCUT2D eigenvalue weighted by molar-refractivity contribution is 7.92. The molecule has 1 amide bonds. The topological polar surface area (TPSA) is 93.2 Å². The van der Waals surface area contributed by atoms with Crippen molar-refractivity contribution < 1.29 is 27.5 Å². The lowest BCUT2D eigenvalue weighted by Crippen LogP contribution is -2.46. The quantitative estimate of drug-likeness (QED) is 0.642. The standard InChI is InChI=1S/C18H26N2O6S/c1-4-26-18(22)14-9-11-19(12-10-14)17(21)13-20(27(3,23)24)15-5-7-16(25-2)8-6-15/h5-8,14H,4,9-13H2,1-3H3. The summed E-state index contributed by atoms with van der Waals surface area (Å²) in [7, 11) is -2.11. The lowest BCUT2D eigenvalue weighted by atomic mass is 9.97. The Morgan fingerprint density at radius 3 is 2.26 bits per heavy atom. The number of methoxy groups -OCH3 is 1. The zero-order chi connectivity index (χ0) is 20.0. The zero-order valence-electron chi connectivity index (χ0n) is 15.9. The van der Waals surface area contributed by atoms with Gasteiger partial charge in [0.05, 0.1) is 31.6 Å². The molecule has 1 aromatic rings. The molecule has 1 saturated heterocycles. The van der Waals surface area contributed by atoms with Crippen molar-refractivity contribution in [3.63, 3.8) is 0 Å². The zero-order valence-corrected chi connectivity index (χ0v) is 16.7. The van der Waals surface area contributed by atoms with Crippen molar-refractivity contribution in [2.45, 2.75) is 19.8 Å². The number of sulfonamides is 1. The highest BCUT2D eigenvalue weighted by Crippen LogP contribution is 2.23. The van der Waals surface area contributed by atoms with E-state index in [1.165, 1.54) is 7.11 Å². The molecule has 9 heteroatoms. The Bertz CT molecular complexity index is 755. The maximum absolute atomic E-state index is 12.6. The van der Waals surface area contributed by atoms with Gasteiger partial charge in [-0.2, -0.15) is 0 Å². The summed E-state index contributed by atoms with van der Waals surface area (Å²) in [6.07, 6.45) is 2.11. The van der Waals surface area contributed by atoms with Gasteiger partial charge in [0.15, 0.2) is 0 Å². The van der Waals surface area contributed by atoms with E-state index in [9.17, 15) is 18.0 Å². The van der Waals surface area contributed by atoms with E-state index in [-0.39, 0.29) is 24.3 Å². The van der Waals surface area contributed by atoms with E-state index >= 15 is 0 Å². The molecule has 1 aromatic carbocycles. The van der Waals surface area contributed by atoms with E-state index in [0.717, 1.165) is 10.6 Å². The third kappa shape index (κ3) is 5.59. The third-order valence-electron chi connectivity index (χ3n) is 4.51. The van der Waals surface area contributed by atoms with Crippen LogP contribution in [0.2, 0.25) is 0 Å². The molecule has 0 N–H and O–H groups in total. The van der Waals surface area contributed by atoms with E-state index in [1.54, 1.807) is 36.1 Å². The lowest BCUT2D eigenvalue weighted by Gasteiger charge is -2.32. The summed E-state index contributed by atoms with van der Waals surface area (Å²) in [5, 5.41) is 0. The number of rotatable bonds is 7. The largest absolute Gasteiger partial charge is 0.497 e. The fraction of sp³-hybridized carbons (Fsp3) is 0.556. The van der Waals surface area contributed by atoms with Gasteiger partial charge in [-0.15, -0.1) is 0 Å². The monoisotopic (exact) mass is 398 g/mol. The molecular formula is C18H26N2O6S. The highest BCUT2D eigenvalue weighted by Gasteiger charge is 2.30. The number of amides is 1. The van der Waals surface area contributed by atoms with Gasteiger partial charge in [0.2, 0.25) is 15.9 Å². The molecule has 1 fully saturated rings. The highest BCUT2D eigenvalue weighted by atomic mass is 32.2.